The summed E-state index contributed by atoms with van der Waals surface area (Å²) >= 11 is 0. The van der Waals surface area contributed by atoms with E-state index in [2.05, 4.69) is 37.7 Å². The van der Waals surface area contributed by atoms with Crippen molar-refractivity contribution in [1.29, 1.82) is 0 Å². The first-order valence-corrected chi connectivity index (χ1v) is 8.56. The van der Waals surface area contributed by atoms with Gasteiger partial charge in [0.15, 0.2) is 0 Å². The highest BCUT2D eigenvalue weighted by Gasteiger charge is 2.24. The number of nitrogens with two attached hydrogens (primary N) is 1. The Hall–Kier alpha value is -0.920. The topological polar surface area (TPSA) is 30.9 Å². The van der Waals surface area contributed by atoms with Crippen molar-refractivity contribution >= 4 is 5.69 Å². The summed E-state index contributed by atoms with van der Waals surface area (Å²) in [6, 6.07) is 2.02. The molecule has 2 nitrogen and oxygen atoms in total. The minimum Gasteiger partial charge on any atom is -0.398 e. The molecule has 0 saturated carbocycles. The number of anilines is 1. The van der Waals surface area contributed by atoms with Crippen molar-refractivity contribution < 1.29 is 0 Å². The Labute approximate surface area is 125 Å². The van der Waals surface area contributed by atoms with Crippen molar-refractivity contribution in [3.8, 4) is 0 Å². The fraction of sp³-hybridized carbons (Fsp3) is 0.778. The number of nitrogen functional groups attached to an aromatic ring is 1. The first-order chi connectivity index (χ1) is 9.62. The minimum atomic E-state index is 0.249. The molecule has 20 heavy (non-hydrogen) atoms. The fourth-order valence-electron chi connectivity index (χ4n) is 3.00. The van der Waals surface area contributed by atoms with Crippen LogP contribution in [-0.2, 0) is 5.54 Å². The zero-order chi connectivity index (χ0) is 14.8. The van der Waals surface area contributed by atoms with Gasteiger partial charge < -0.3 is 10.3 Å². The normalized spacial score (nSPS) is 11.9. The van der Waals surface area contributed by atoms with Crippen LogP contribution in [-0.4, -0.2) is 4.57 Å². The van der Waals surface area contributed by atoms with Crippen molar-refractivity contribution in [1.82, 2.24) is 4.57 Å². The van der Waals surface area contributed by atoms with Gasteiger partial charge in [0.2, 0.25) is 0 Å². The van der Waals surface area contributed by atoms with Crippen LogP contribution in [0.25, 0.3) is 0 Å². The van der Waals surface area contributed by atoms with Gasteiger partial charge in [-0.05, 0) is 25.8 Å². The van der Waals surface area contributed by atoms with Gasteiger partial charge >= 0.3 is 0 Å². The number of rotatable bonds is 11. The lowest BCUT2D eigenvalue weighted by molar-refractivity contribution is 0.252. The summed E-state index contributed by atoms with van der Waals surface area (Å²) in [5.74, 6) is 0. The van der Waals surface area contributed by atoms with E-state index >= 15 is 0 Å². The first-order valence-electron chi connectivity index (χ1n) is 8.56. The molecular formula is C18H34N2. The maximum Gasteiger partial charge on any atom is 0.0493 e. The third-order valence-corrected chi connectivity index (χ3v) is 4.48. The van der Waals surface area contributed by atoms with Crippen molar-refractivity contribution in [2.24, 2.45) is 0 Å². The van der Waals surface area contributed by atoms with Crippen LogP contribution in [0.2, 0.25) is 0 Å². The average Bonchev–Trinajstić information content (AvgIpc) is 2.87. The standard InChI is InChI=1S/C18H34N2/c1-4-6-8-10-13-18(3,14-11-9-7-5-2)20-15-12-17(19)16-20/h12,15-16H,4-11,13-14,19H2,1-3H3. The van der Waals surface area contributed by atoms with E-state index in [0.29, 0.717) is 0 Å². The lowest BCUT2D eigenvalue weighted by Crippen LogP contribution is -2.29. The molecule has 1 aromatic rings. The summed E-state index contributed by atoms with van der Waals surface area (Å²) in [6.45, 7) is 6.96. The largest absolute Gasteiger partial charge is 0.398 e. The molecule has 1 aromatic heterocycles. The van der Waals surface area contributed by atoms with Crippen molar-refractivity contribution in [3.63, 3.8) is 0 Å². The van der Waals surface area contributed by atoms with Crippen LogP contribution in [0.3, 0.4) is 0 Å². The van der Waals surface area contributed by atoms with E-state index in [-0.39, 0.29) is 5.54 Å². The molecule has 1 heterocycles. The Kier molecular flexibility index (Phi) is 7.79. The van der Waals surface area contributed by atoms with Crippen molar-refractivity contribution in [2.45, 2.75) is 90.5 Å². The third-order valence-electron chi connectivity index (χ3n) is 4.48. The van der Waals surface area contributed by atoms with E-state index in [0.717, 1.165) is 5.69 Å². The minimum absolute atomic E-state index is 0.249. The van der Waals surface area contributed by atoms with Crippen LogP contribution >= 0.6 is 0 Å². The van der Waals surface area contributed by atoms with Gasteiger partial charge in [0.05, 0.1) is 0 Å². The molecule has 0 bridgehead atoms. The zero-order valence-corrected chi connectivity index (χ0v) is 13.8. The summed E-state index contributed by atoms with van der Waals surface area (Å²) in [6.07, 6.45) is 17.5. The van der Waals surface area contributed by atoms with Gasteiger partial charge in [0, 0.05) is 23.6 Å². The molecule has 2 heteroatoms. The Morgan fingerprint density at radius 2 is 1.50 bits per heavy atom. The molecule has 0 aliphatic carbocycles. The van der Waals surface area contributed by atoms with Gasteiger partial charge in [0.25, 0.3) is 0 Å². The SMILES string of the molecule is CCCCCCC(C)(CCCCCC)n1ccc(N)c1. The van der Waals surface area contributed by atoms with Crippen molar-refractivity contribution in [3.05, 3.63) is 18.5 Å². The van der Waals surface area contributed by atoms with Gasteiger partial charge in [-0.2, -0.15) is 0 Å². The van der Waals surface area contributed by atoms with Crippen LogP contribution in [0.4, 0.5) is 5.69 Å². The molecular weight excluding hydrogens is 244 g/mol. The first kappa shape index (κ1) is 17.1. The molecule has 2 N–H and O–H groups in total. The highest BCUT2D eigenvalue weighted by Crippen LogP contribution is 2.31. The molecule has 0 atom stereocenters. The van der Waals surface area contributed by atoms with Gasteiger partial charge in [-0.1, -0.05) is 65.2 Å². The van der Waals surface area contributed by atoms with Crippen LogP contribution < -0.4 is 5.73 Å². The number of hydrogen-bond acceptors (Lipinski definition) is 1. The van der Waals surface area contributed by atoms with Crippen LogP contribution in [0.15, 0.2) is 18.5 Å². The van der Waals surface area contributed by atoms with Crippen molar-refractivity contribution in [2.75, 3.05) is 5.73 Å². The molecule has 0 unspecified atom stereocenters. The summed E-state index contributed by atoms with van der Waals surface area (Å²) in [7, 11) is 0. The maximum absolute atomic E-state index is 5.91. The Bertz CT molecular complexity index is 342. The summed E-state index contributed by atoms with van der Waals surface area (Å²) < 4.78 is 2.36. The monoisotopic (exact) mass is 278 g/mol. The summed E-state index contributed by atoms with van der Waals surface area (Å²) in [5, 5.41) is 0. The van der Waals surface area contributed by atoms with Gasteiger partial charge in [-0.3, -0.25) is 0 Å². The highest BCUT2D eigenvalue weighted by atomic mass is 15.0. The Balaban J connectivity index is 2.57. The van der Waals surface area contributed by atoms with Crippen LogP contribution in [0.1, 0.15) is 85.0 Å². The average molecular weight is 278 g/mol. The van der Waals surface area contributed by atoms with E-state index in [1.807, 2.05) is 6.07 Å². The molecule has 0 aromatic carbocycles. The zero-order valence-electron chi connectivity index (χ0n) is 13.8. The predicted molar refractivity (Wildman–Crippen MR) is 90.0 cm³/mol. The second kappa shape index (κ2) is 9.10. The number of aromatic nitrogens is 1. The van der Waals surface area contributed by atoms with Crippen LogP contribution in [0.5, 0.6) is 0 Å². The molecule has 116 valence electrons. The number of nitrogens with zero attached hydrogens (tertiary/aromatic N) is 1. The molecule has 1 rings (SSSR count). The molecule has 0 radical (unpaired) electrons. The van der Waals surface area contributed by atoms with Gasteiger partial charge in [0.1, 0.15) is 0 Å². The lowest BCUT2D eigenvalue weighted by Gasteiger charge is -2.32. The van der Waals surface area contributed by atoms with E-state index in [9.17, 15) is 0 Å². The highest BCUT2D eigenvalue weighted by molar-refractivity contribution is 5.35. The summed E-state index contributed by atoms with van der Waals surface area (Å²) in [5.41, 5.74) is 7.04. The molecule has 0 saturated heterocycles. The second-order valence-corrected chi connectivity index (χ2v) is 6.47. The quantitative estimate of drug-likeness (QED) is 0.515. The van der Waals surface area contributed by atoms with Crippen LogP contribution in [0, 0.1) is 0 Å². The smallest absolute Gasteiger partial charge is 0.0493 e. The maximum atomic E-state index is 5.91. The predicted octanol–water partition coefficient (Wildman–Crippen LogP) is 5.73. The Morgan fingerprint density at radius 1 is 0.950 bits per heavy atom. The molecule has 0 aliphatic heterocycles. The Morgan fingerprint density at radius 3 is 1.90 bits per heavy atom. The fourth-order valence-corrected chi connectivity index (χ4v) is 3.00. The molecule has 0 amide bonds. The molecule has 0 spiro atoms. The lowest BCUT2D eigenvalue weighted by atomic mass is 9.88. The molecule has 0 fully saturated rings. The summed E-state index contributed by atoms with van der Waals surface area (Å²) in [4.78, 5) is 0. The van der Waals surface area contributed by atoms with E-state index in [1.165, 1.54) is 64.2 Å². The van der Waals surface area contributed by atoms with E-state index in [4.69, 9.17) is 5.73 Å². The van der Waals surface area contributed by atoms with E-state index < -0.39 is 0 Å². The molecule has 0 aliphatic rings. The number of unbranched alkanes of at least 4 members (excludes halogenated alkanes) is 6. The van der Waals surface area contributed by atoms with E-state index in [1.54, 1.807) is 0 Å². The number of hydrogen-bond donors (Lipinski definition) is 1. The third kappa shape index (κ3) is 5.60. The van der Waals surface area contributed by atoms with Gasteiger partial charge in [-0.15, -0.1) is 0 Å². The second-order valence-electron chi connectivity index (χ2n) is 6.47. The van der Waals surface area contributed by atoms with Gasteiger partial charge in [-0.25, -0.2) is 0 Å².